The highest BCUT2D eigenvalue weighted by molar-refractivity contribution is 5.85. The molecule has 0 atom stereocenters. The number of amides is 1. The molecule has 1 aliphatic carbocycles. The molecule has 0 bridgehead atoms. The second kappa shape index (κ2) is 9.30. The molecule has 12 heteroatoms. The zero-order valence-electron chi connectivity index (χ0n) is 20.0. The van der Waals surface area contributed by atoms with Crippen molar-refractivity contribution in [2.24, 2.45) is 0 Å². The lowest BCUT2D eigenvalue weighted by Crippen LogP contribution is -2.49. The predicted molar refractivity (Wildman–Crippen MR) is 123 cm³/mol. The van der Waals surface area contributed by atoms with Crippen LogP contribution < -0.4 is 0 Å². The molecule has 3 heterocycles. The summed E-state index contributed by atoms with van der Waals surface area (Å²) in [7, 11) is 0. The number of carbonyl (C=O) groups excluding carboxylic acids is 1. The van der Waals surface area contributed by atoms with Crippen LogP contribution in [0.15, 0.2) is 30.3 Å². The Balaban J connectivity index is 1.27. The highest BCUT2D eigenvalue weighted by Gasteiger charge is 2.38. The second-order valence-electron chi connectivity index (χ2n) is 9.66. The second-order valence-corrected chi connectivity index (χ2v) is 9.66. The molecule has 1 saturated carbocycles. The van der Waals surface area contributed by atoms with Crippen LogP contribution in [0.5, 0.6) is 0 Å². The molecule has 2 aromatic heterocycles. The van der Waals surface area contributed by atoms with Crippen LogP contribution in [0.1, 0.15) is 46.8 Å². The molecule has 1 saturated heterocycles. The predicted octanol–water partition coefficient (Wildman–Crippen LogP) is 5.00. The number of carbonyl (C=O) groups is 1. The van der Waals surface area contributed by atoms with E-state index in [4.69, 9.17) is 0 Å². The number of piperazine rings is 1. The summed E-state index contributed by atoms with van der Waals surface area (Å²) in [6, 6.07) is 6.27. The molecule has 0 radical (unpaired) electrons. The van der Waals surface area contributed by atoms with E-state index in [-0.39, 0.29) is 35.1 Å². The van der Waals surface area contributed by atoms with E-state index in [2.05, 4.69) is 10.1 Å². The van der Waals surface area contributed by atoms with Gasteiger partial charge >= 0.3 is 12.4 Å². The summed E-state index contributed by atoms with van der Waals surface area (Å²) in [4.78, 5) is 21.0. The largest absolute Gasteiger partial charge is 0.417 e. The number of alkyl halides is 6. The van der Waals surface area contributed by atoms with Crippen LogP contribution in [0, 0.1) is 6.92 Å². The fourth-order valence-corrected chi connectivity index (χ4v) is 4.78. The first-order valence-corrected chi connectivity index (χ1v) is 12.0. The van der Waals surface area contributed by atoms with Gasteiger partial charge in [-0.05, 0) is 37.5 Å². The number of benzene rings is 1. The highest BCUT2D eigenvalue weighted by atomic mass is 19.4. The standard InChI is InChI=1S/C25H25F6N5O/c1-15-22-19(25(29,30)31)12-20(17-5-6-17)32-23(22)36(33-15)14-21(37)35-9-7-34(8-10-35)13-16-3-2-4-18(11-16)24(26,27)28/h2-4,11-12,17H,5-10,13-14H2,1H3. The van der Waals surface area contributed by atoms with Gasteiger partial charge in [-0.1, -0.05) is 18.2 Å². The molecule has 2 fully saturated rings. The van der Waals surface area contributed by atoms with Crippen LogP contribution >= 0.6 is 0 Å². The summed E-state index contributed by atoms with van der Waals surface area (Å²) in [6.45, 7) is 3.18. The van der Waals surface area contributed by atoms with Gasteiger partial charge in [0, 0.05) is 44.3 Å². The van der Waals surface area contributed by atoms with E-state index in [9.17, 15) is 31.1 Å². The molecule has 0 unspecified atom stereocenters. The fourth-order valence-electron chi connectivity index (χ4n) is 4.78. The van der Waals surface area contributed by atoms with Crippen molar-refractivity contribution in [3.8, 4) is 0 Å². The molecule has 0 spiro atoms. The third-order valence-corrected chi connectivity index (χ3v) is 6.87. The molecular formula is C25H25F6N5O. The fraction of sp³-hybridized carbons (Fsp3) is 0.480. The monoisotopic (exact) mass is 525 g/mol. The molecule has 2 aliphatic rings. The van der Waals surface area contributed by atoms with Crippen molar-refractivity contribution in [1.82, 2.24) is 24.6 Å². The number of aromatic nitrogens is 3. The highest BCUT2D eigenvalue weighted by Crippen LogP contribution is 2.43. The lowest BCUT2D eigenvalue weighted by molar-refractivity contribution is -0.138. The van der Waals surface area contributed by atoms with Crippen molar-refractivity contribution in [2.45, 2.75) is 51.1 Å². The van der Waals surface area contributed by atoms with Crippen LogP contribution in [0.25, 0.3) is 11.0 Å². The number of halogens is 6. The van der Waals surface area contributed by atoms with Crippen LogP contribution in [0.4, 0.5) is 26.3 Å². The third kappa shape index (κ3) is 5.43. The maximum atomic E-state index is 13.8. The molecule has 6 nitrogen and oxygen atoms in total. The topological polar surface area (TPSA) is 54.3 Å². The van der Waals surface area contributed by atoms with Crippen molar-refractivity contribution >= 4 is 16.9 Å². The maximum absolute atomic E-state index is 13.8. The van der Waals surface area contributed by atoms with E-state index in [1.54, 1.807) is 11.0 Å². The Hall–Kier alpha value is -3.15. The van der Waals surface area contributed by atoms with Crippen molar-refractivity contribution in [2.75, 3.05) is 26.2 Å². The molecule has 37 heavy (non-hydrogen) atoms. The van der Waals surface area contributed by atoms with Gasteiger partial charge in [0.1, 0.15) is 6.54 Å². The average Bonchev–Trinajstić information content (AvgIpc) is 3.63. The van der Waals surface area contributed by atoms with Crippen LogP contribution in [-0.4, -0.2) is 56.7 Å². The molecular weight excluding hydrogens is 500 g/mol. The van der Waals surface area contributed by atoms with E-state index < -0.39 is 23.5 Å². The SMILES string of the molecule is Cc1nn(CC(=O)N2CCN(Cc3cccc(C(F)(F)F)c3)CC2)c2nc(C3CC3)cc(C(F)(F)F)c12. The Morgan fingerprint density at radius 1 is 1.00 bits per heavy atom. The van der Waals surface area contributed by atoms with E-state index in [0.29, 0.717) is 44.0 Å². The Bertz CT molecular complexity index is 1320. The Labute approximate surface area is 208 Å². The first-order valence-electron chi connectivity index (χ1n) is 12.0. The zero-order chi connectivity index (χ0) is 26.5. The van der Waals surface area contributed by atoms with E-state index in [0.717, 1.165) is 31.0 Å². The first-order chi connectivity index (χ1) is 17.4. The van der Waals surface area contributed by atoms with Crippen molar-refractivity contribution in [1.29, 1.82) is 0 Å². The number of fused-ring (bicyclic) bond motifs is 1. The Morgan fingerprint density at radius 3 is 2.32 bits per heavy atom. The molecule has 0 N–H and O–H groups in total. The average molecular weight is 525 g/mol. The van der Waals surface area contributed by atoms with Crippen molar-refractivity contribution < 1.29 is 31.1 Å². The molecule has 5 rings (SSSR count). The lowest BCUT2D eigenvalue weighted by atomic mass is 10.1. The first kappa shape index (κ1) is 25.5. The van der Waals surface area contributed by atoms with Gasteiger partial charge in [-0.15, -0.1) is 0 Å². The molecule has 198 valence electrons. The normalized spacial score (nSPS) is 17.5. The van der Waals surface area contributed by atoms with Gasteiger partial charge in [-0.3, -0.25) is 9.69 Å². The quantitative estimate of drug-likeness (QED) is 0.440. The van der Waals surface area contributed by atoms with E-state index in [1.807, 2.05) is 4.90 Å². The summed E-state index contributed by atoms with van der Waals surface area (Å²) in [5, 5.41) is 4.14. The van der Waals surface area contributed by atoms with Gasteiger partial charge in [-0.2, -0.15) is 31.4 Å². The van der Waals surface area contributed by atoms with Crippen molar-refractivity contribution in [3.63, 3.8) is 0 Å². The molecule has 3 aromatic rings. The molecule has 1 aromatic carbocycles. The number of nitrogens with zero attached hydrogens (tertiary/aromatic N) is 5. The summed E-state index contributed by atoms with van der Waals surface area (Å²) in [5.74, 6) is -0.301. The van der Waals surface area contributed by atoms with Gasteiger partial charge in [0.25, 0.3) is 0 Å². The summed E-state index contributed by atoms with van der Waals surface area (Å²) in [6.07, 6.45) is -7.41. The number of hydrogen-bond donors (Lipinski definition) is 0. The third-order valence-electron chi connectivity index (χ3n) is 6.87. The summed E-state index contributed by atoms with van der Waals surface area (Å²) >= 11 is 0. The van der Waals surface area contributed by atoms with Gasteiger partial charge in [-0.25, -0.2) is 9.67 Å². The Morgan fingerprint density at radius 2 is 1.70 bits per heavy atom. The van der Waals surface area contributed by atoms with Crippen LogP contribution in [0.2, 0.25) is 0 Å². The summed E-state index contributed by atoms with van der Waals surface area (Å²) in [5.41, 5.74) is -0.351. The molecule has 1 aliphatic heterocycles. The van der Waals surface area contributed by atoms with Gasteiger partial charge in [0.2, 0.25) is 5.91 Å². The minimum absolute atomic E-state index is 0.00485. The van der Waals surface area contributed by atoms with Crippen LogP contribution in [0.3, 0.4) is 0 Å². The minimum atomic E-state index is -4.57. The number of hydrogen-bond acceptors (Lipinski definition) is 4. The minimum Gasteiger partial charge on any atom is -0.339 e. The number of rotatable bonds is 5. The summed E-state index contributed by atoms with van der Waals surface area (Å²) < 4.78 is 81.6. The van der Waals surface area contributed by atoms with Gasteiger partial charge < -0.3 is 4.90 Å². The van der Waals surface area contributed by atoms with Crippen LogP contribution in [-0.2, 0) is 30.2 Å². The number of aryl methyl sites for hydroxylation is 1. The Kier molecular flexibility index (Phi) is 6.41. The smallest absolute Gasteiger partial charge is 0.339 e. The van der Waals surface area contributed by atoms with Gasteiger partial charge in [0.05, 0.1) is 22.2 Å². The molecule has 1 amide bonds. The van der Waals surface area contributed by atoms with Gasteiger partial charge in [0.15, 0.2) is 5.65 Å². The van der Waals surface area contributed by atoms with Crippen molar-refractivity contribution in [3.05, 3.63) is 58.4 Å². The van der Waals surface area contributed by atoms with E-state index in [1.165, 1.54) is 17.7 Å². The van der Waals surface area contributed by atoms with E-state index >= 15 is 0 Å². The maximum Gasteiger partial charge on any atom is 0.417 e. The number of pyridine rings is 1. The lowest BCUT2D eigenvalue weighted by Gasteiger charge is -2.34. The zero-order valence-corrected chi connectivity index (χ0v) is 20.0.